The molecule has 1 heterocycles. The lowest BCUT2D eigenvalue weighted by atomic mass is 10.2. The summed E-state index contributed by atoms with van der Waals surface area (Å²) in [4.78, 5) is 12.2. The third-order valence-electron chi connectivity index (χ3n) is 2.39. The zero-order valence-electron chi connectivity index (χ0n) is 8.89. The summed E-state index contributed by atoms with van der Waals surface area (Å²) in [6.07, 6.45) is 0.401. The second-order valence-electron chi connectivity index (χ2n) is 3.54. The van der Waals surface area contributed by atoms with Gasteiger partial charge in [0.25, 0.3) is 0 Å². The summed E-state index contributed by atoms with van der Waals surface area (Å²) < 4.78 is 0. The lowest BCUT2D eigenvalue weighted by molar-refractivity contribution is -0.141. The van der Waals surface area contributed by atoms with Crippen molar-refractivity contribution in [2.45, 2.75) is 19.4 Å². The SMILES string of the molecule is CCC(C(=O)O)n1nc2cc(Cl)c(Cl)cc2n1. The highest BCUT2D eigenvalue weighted by Crippen LogP contribution is 2.26. The van der Waals surface area contributed by atoms with Gasteiger partial charge in [0.15, 0.2) is 6.04 Å². The summed E-state index contributed by atoms with van der Waals surface area (Å²) in [5, 5.41) is 17.9. The summed E-state index contributed by atoms with van der Waals surface area (Å²) in [6, 6.07) is 2.36. The molecule has 0 bridgehead atoms. The van der Waals surface area contributed by atoms with Crippen LogP contribution in [-0.2, 0) is 4.79 Å². The van der Waals surface area contributed by atoms with Crippen molar-refractivity contribution in [1.82, 2.24) is 15.0 Å². The fourth-order valence-corrected chi connectivity index (χ4v) is 1.82. The third kappa shape index (κ3) is 2.21. The van der Waals surface area contributed by atoms with Crippen LogP contribution in [0.1, 0.15) is 19.4 Å². The van der Waals surface area contributed by atoms with E-state index in [0.29, 0.717) is 27.5 Å². The number of rotatable bonds is 3. The third-order valence-corrected chi connectivity index (χ3v) is 3.11. The van der Waals surface area contributed by atoms with Crippen LogP contribution in [0, 0.1) is 0 Å². The predicted molar refractivity (Wildman–Crippen MR) is 64.5 cm³/mol. The van der Waals surface area contributed by atoms with Crippen molar-refractivity contribution in [3.05, 3.63) is 22.2 Å². The first-order valence-electron chi connectivity index (χ1n) is 4.97. The highest BCUT2D eigenvalue weighted by atomic mass is 35.5. The molecule has 2 aromatic rings. The van der Waals surface area contributed by atoms with Gasteiger partial charge in [-0.2, -0.15) is 15.0 Å². The minimum absolute atomic E-state index is 0.370. The summed E-state index contributed by atoms with van der Waals surface area (Å²) >= 11 is 11.7. The number of carbonyl (C=O) groups is 1. The van der Waals surface area contributed by atoms with E-state index in [2.05, 4.69) is 10.2 Å². The van der Waals surface area contributed by atoms with Crippen molar-refractivity contribution < 1.29 is 9.90 Å². The zero-order valence-corrected chi connectivity index (χ0v) is 10.4. The Labute approximate surface area is 107 Å². The molecule has 0 amide bonds. The second kappa shape index (κ2) is 4.50. The molecule has 0 aliphatic heterocycles. The van der Waals surface area contributed by atoms with Crippen LogP contribution in [0.2, 0.25) is 10.0 Å². The summed E-state index contributed by atoms with van der Waals surface area (Å²) in [5.41, 5.74) is 1.05. The first-order valence-corrected chi connectivity index (χ1v) is 5.73. The van der Waals surface area contributed by atoms with Gasteiger partial charge in [-0.25, -0.2) is 4.79 Å². The van der Waals surface area contributed by atoms with E-state index in [9.17, 15) is 4.79 Å². The maximum Gasteiger partial charge on any atom is 0.330 e. The molecule has 17 heavy (non-hydrogen) atoms. The molecule has 2 rings (SSSR count). The highest BCUT2D eigenvalue weighted by molar-refractivity contribution is 6.42. The minimum atomic E-state index is -0.968. The molecular weight excluding hydrogens is 265 g/mol. The van der Waals surface area contributed by atoms with Gasteiger partial charge in [0.05, 0.1) is 10.0 Å². The van der Waals surface area contributed by atoms with Gasteiger partial charge in [0.2, 0.25) is 0 Å². The number of carboxylic acids is 1. The van der Waals surface area contributed by atoms with E-state index in [1.54, 1.807) is 19.1 Å². The molecule has 5 nitrogen and oxygen atoms in total. The Hall–Kier alpha value is -1.33. The monoisotopic (exact) mass is 273 g/mol. The number of carboxylic acid groups (broad SMARTS) is 1. The number of aromatic nitrogens is 3. The molecule has 1 unspecified atom stereocenters. The topological polar surface area (TPSA) is 68.0 Å². The number of hydrogen-bond donors (Lipinski definition) is 1. The average Bonchev–Trinajstić information content (AvgIpc) is 2.61. The second-order valence-corrected chi connectivity index (χ2v) is 4.35. The smallest absolute Gasteiger partial charge is 0.330 e. The Morgan fingerprint density at radius 1 is 1.35 bits per heavy atom. The Kier molecular flexibility index (Phi) is 3.22. The highest BCUT2D eigenvalue weighted by Gasteiger charge is 2.20. The summed E-state index contributed by atoms with van der Waals surface area (Å²) in [6.45, 7) is 1.76. The molecule has 7 heteroatoms. The normalized spacial score (nSPS) is 12.9. The number of fused-ring (bicyclic) bond motifs is 1. The van der Waals surface area contributed by atoms with Crippen LogP contribution in [-0.4, -0.2) is 26.1 Å². The van der Waals surface area contributed by atoms with Crippen LogP contribution < -0.4 is 0 Å². The summed E-state index contributed by atoms with van der Waals surface area (Å²) in [7, 11) is 0. The summed E-state index contributed by atoms with van der Waals surface area (Å²) in [5.74, 6) is -0.968. The van der Waals surface area contributed by atoms with Crippen molar-refractivity contribution in [2.24, 2.45) is 0 Å². The number of nitrogens with zero attached hydrogens (tertiary/aromatic N) is 3. The van der Waals surface area contributed by atoms with Gasteiger partial charge < -0.3 is 5.11 Å². The number of halogens is 2. The van der Waals surface area contributed by atoms with Crippen molar-refractivity contribution in [2.75, 3.05) is 0 Å². The van der Waals surface area contributed by atoms with Crippen molar-refractivity contribution in [1.29, 1.82) is 0 Å². The minimum Gasteiger partial charge on any atom is -0.480 e. The molecule has 1 atom stereocenters. The van der Waals surface area contributed by atoms with Gasteiger partial charge >= 0.3 is 5.97 Å². The van der Waals surface area contributed by atoms with Crippen LogP contribution in [0.5, 0.6) is 0 Å². The van der Waals surface area contributed by atoms with Gasteiger partial charge in [-0.05, 0) is 18.6 Å². The van der Waals surface area contributed by atoms with Crippen molar-refractivity contribution in [3.8, 4) is 0 Å². The largest absolute Gasteiger partial charge is 0.480 e. The zero-order chi connectivity index (χ0) is 12.6. The first kappa shape index (κ1) is 12.1. The lowest BCUT2D eigenvalue weighted by Crippen LogP contribution is -2.20. The van der Waals surface area contributed by atoms with Crippen LogP contribution in [0.15, 0.2) is 12.1 Å². The molecule has 1 N–H and O–H groups in total. The van der Waals surface area contributed by atoms with Gasteiger partial charge in [0.1, 0.15) is 11.0 Å². The van der Waals surface area contributed by atoms with Gasteiger partial charge in [-0.1, -0.05) is 30.1 Å². The van der Waals surface area contributed by atoms with Gasteiger partial charge in [-0.15, -0.1) is 0 Å². The van der Waals surface area contributed by atoms with Crippen LogP contribution in [0.25, 0.3) is 11.0 Å². The quantitative estimate of drug-likeness (QED) is 0.934. The van der Waals surface area contributed by atoms with E-state index in [4.69, 9.17) is 28.3 Å². The van der Waals surface area contributed by atoms with E-state index in [-0.39, 0.29) is 0 Å². The molecule has 0 fully saturated rings. The van der Waals surface area contributed by atoms with E-state index >= 15 is 0 Å². The van der Waals surface area contributed by atoms with Crippen molar-refractivity contribution >= 4 is 40.2 Å². The molecule has 0 aliphatic carbocycles. The average molecular weight is 274 g/mol. The van der Waals surface area contributed by atoms with Gasteiger partial charge in [-0.3, -0.25) is 0 Å². The maximum atomic E-state index is 11.0. The van der Waals surface area contributed by atoms with Crippen molar-refractivity contribution in [3.63, 3.8) is 0 Å². The predicted octanol–water partition coefficient (Wildman–Crippen LogP) is 2.77. The van der Waals surface area contributed by atoms with E-state index in [1.165, 1.54) is 4.80 Å². The molecule has 1 aromatic carbocycles. The number of aliphatic carboxylic acids is 1. The standard InChI is InChI=1S/C10H9Cl2N3O2/c1-2-9(10(16)17)15-13-7-3-5(11)6(12)4-8(7)14-15/h3-4,9H,2H2,1H3,(H,16,17). The Balaban J connectivity index is 2.54. The molecule has 0 radical (unpaired) electrons. The first-order chi connectivity index (χ1) is 8.02. The maximum absolute atomic E-state index is 11.0. The Morgan fingerprint density at radius 3 is 2.18 bits per heavy atom. The van der Waals surface area contributed by atoms with Gasteiger partial charge in [0, 0.05) is 0 Å². The molecule has 1 aromatic heterocycles. The van der Waals surface area contributed by atoms with E-state index in [1.807, 2.05) is 0 Å². The molecule has 0 spiro atoms. The molecule has 0 saturated heterocycles. The number of benzene rings is 1. The van der Waals surface area contributed by atoms with E-state index in [0.717, 1.165) is 0 Å². The van der Waals surface area contributed by atoms with Crippen LogP contribution in [0.3, 0.4) is 0 Å². The lowest BCUT2D eigenvalue weighted by Gasteiger charge is -2.06. The molecule has 0 saturated carbocycles. The molecule has 0 aliphatic rings. The molecule has 90 valence electrons. The number of hydrogen-bond acceptors (Lipinski definition) is 3. The van der Waals surface area contributed by atoms with Crippen LogP contribution >= 0.6 is 23.2 Å². The van der Waals surface area contributed by atoms with Crippen LogP contribution in [0.4, 0.5) is 0 Å². The molecular formula is C10H9Cl2N3O2. The fraction of sp³-hybridized carbons (Fsp3) is 0.300. The fourth-order valence-electron chi connectivity index (χ4n) is 1.51. The van der Waals surface area contributed by atoms with E-state index < -0.39 is 12.0 Å². The Bertz CT molecular complexity index is 543. The Morgan fingerprint density at radius 2 is 1.82 bits per heavy atom.